The third-order valence-corrected chi connectivity index (χ3v) is 10.2. The number of alkyl halides is 2. The molecule has 248 valence electrons. The molecule has 5 heterocycles. The zero-order chi connectivity index (χ0) is 32.7. The second-order valence-corrected chi connectivity index (χ2v) is 13.4. The average Bonchev–Trinajstić information content (AvgIpc) is 3.99. The van der Waals surface area contributed by atoms with Gasteiger partial charge in [0.25, 0.3) is 0 Å². The number of hydrogen-bond donors (Lipinski definition) is 2. The number of aliphatic hydroxyl groups is 1. The summed E-state index contributed by atoms with van der Waals surface area (Å²) in [6, 6.07) is 7.41. The number of thioether (sulfide) groups is 1. The van der Waals surface area contributed by atoms with Gasteiger partial charge >= 0.3 is 6.61 Å². The van der Waals surface area contributed by atoms with Crippen molar-refractivity contribution in [2.45, 2.75) is 62.0 Å². The second-order valence-electron chi connectivity index (χ2n) is 12.5. The largest absolute Gasteiger partial charge is 0.434 e. The molecule has 0 spiro atoms. The summed E-state index contributed by atoms with van der Waals surface area (Å²) in [6.45, 7) is -0.790. The van der Waals surface area contributed by atoms with E-state index in [4.69, 9.17) is 4.74 Å². The van der Waals surface area contributed by atoms with Crippen molar-refractivity contribution in [1.29, 1.82) is 0 Å². The molecule has 12 nitrogen and oxygen atoms in total. The van der Waals surface area contributed by atoms with Crippen LogP contribution in [0, 0.1) is 5.41 Å². The van der Waals surface area contributed by atoms with Crippen molar-refractivity contribution >= 4 is 35.2 Å². The van der Waals surface area contributed by atoms with Crippen LogP contribution in [0.2, 0.25) is 0 Å². The standard InChI is InChI=1S/C32H37F2N9O3S/c1-40(19-32(8-9-32)26-16-36-26)20-6-12-41(13-7-20)27(44)18-42-17-24(38-30(45)23-15-37-43-11-3-10-35-29(23)43)28(39-42)22-14-21(47-2)4-5-25(22)46-31(33)34/h3-5,10-11,14-17,20,26,30-31,38,45H,6-9,12-13,18-19H2,1-2H3. The van der Waals surface area contributed by atoms with Gasteiger partial charge in [-0.1, -0.05) is 0 Å². The normalized spacial score (nSPS) is 19.5. The van der Waals surface area contributed by atoms with Crippen molar-refractivity contribution in [1.82, 2.24) is 34.2 Å². The first-order chi connectivity index (χ1) is 22.7. The SMILES string of the molecule is CSc1ccc(OC(F)F)c(-c2nn(CC(=O)N3CCC(N(C)CC4(C5C=N5)CC4)CC3)cc2NC(O)c2cnn3cccnc23)c1. The van der Waals surface area contributed by atoms with Crippen LogP contribution in [-0.2, 0) is 11.3 Å². The van der Waals surface area contributed by atoms with Crippen LogP contribution in [-0.4, -0.2) is 103 Å². The number of aliphatic hydroxyl groups excluding tert-OH is 1. The van der Waals surface area contributed by atoms with Crippen LogP contribution < -0.4 is 10.1 Å². The number of likely N-dealkylation sites (tertiary alicyclic amines) is 1. The molecule has 7 rings (SSSR count). The Labute approximate surface area is 274 Å². The van der Waals surface area contributed by atoms with Gasteiger partial charge in [-0.05, 0) is 63.3 Å². The van der Waals surface area contributed by atoms with E-state index in [1.165, 1.54) is 46.1 Å². The molecule has 0 radical (unpaired) electrons. The van der Waals surface area contributed by atoms with E-state index in [2.05, 4.69) is 43.7 Å². The third kappa shape index (κ3) is 6.69. The van der Waals surface area contributed by atoms with Gasteiger partial charge in [0.15, 0.2) is 11.9 Å². The summed E-state index contributed by atoms with van der Waals surface area (Å²) >= 11 is 1.44. The number of fused-ring (bicyclic) bond motifs is 1. The molecular weight excluding hydrogens is 628 g/mol. The van der Waals surface area contributed by atoms with Crippen LogP contribution >= 0.6 is 11.8 Å². The van der Waals surface area contributed by atoms with Crippen molar-refractivity contribution in [2.75, 3.05) is 38.3 Å². The fourth-order valence-electron chi connectivity index (χ4n) is 6.58. The number of rotatable bonds is 13. The number of halogens is 2. The third-order valence-electron chi connectivity index (χ3n) is 9.43. The lowest BCUT2D eigenvalue weighted by Gasteiger charge is -2.38. The number of anilines is 1. The number of aromatic nitrogens is 5. The Hall–Kier alpha value is -4.08. The zero-order valence-electron chi connectivity index (χ0n) is 26.2. The van der Waals surface area contributed by atoms with Gasteiger partial charge in [-0.3, -0.25) is 14.5 Å². The lowest BCUT2D eigenvalue weighted by molar-refractivity contribution is -0.133. The van der Waals surface area contributed by atoms with Crippen molar-refractivity contribution in [3.05, 3.63) is 54.6 Å². The Balaban J connectivity index is 1.10. The minimum atomic E-state index is -3.05. The Morgan fingerprint density at radius 1 is 1.28 bits per heavy atom. The summed E-state index contributed by atoms with van der Waals surface area (Å²) in [7, 11) is 2.18. The molecule has 2 N–H and O–H groups in total. The minimum Gasteiger partial charge on any atom is -0.434 e. The highest BCUT2D eigenvalue weighted by Gasteiger charge is 2.53. The highest BCUT2D eigenvalue weighted by atomic mass is 32.2. The molecule has 15 heteroatoms. The zero-order valence-corrected chi connectivity index (χ0v) is 27.0. The number of carbonyl (C=O) groups excluding carboxylic acids is 1. The van der Waals surface area contributed by atoms with Crippen molar-refractivity contribution in [3.63, 3.8) is 0 Å². The number of nitrogens with zero attached hydrogens (tertiary/aromatic N) is 8. The van der Waals surface area contributed by atoms with E-state index >= 15 is 0 Å². The van der Waals surface area contributed by atoms with E-state index in [1.54, 1.807) is 36.8 Å². The number of piperidine rings is 1. The maximum atomic E-state index is 13.5. The molecule has 3 aromatic heterocycles. The first-order valence-electron chi connectivity index (χ1n) is 15.7. The molecule has 2 unspecified atom stereocenters. The summed E-state index contributed by atoms with van der Waals surface area (Å²) in [5.74, 6) is -0.164. The smallest absolute Gasteiger partial charge is 0.387 e. The van der Waals surface area contributed by atoms with Crippen LogP contribution in [0.3, 0.4) is 0 Å². The van der Waals surface area contributed by atoms with E-state index < -0.39 is 12.8 Å². The van der Waals surface area contributed by atoms with Gasteiger partial charge in [0, 0.05) is 66.4 Å². The fraction of sp³-hybridized carbons (Fsp3) is 0.469. The highest BCUT2D eigenvalue weighted by molar-refractivity contribution is 7.98. The van der Waals surface area contributed by atoms with E-state index in [0.29, 0.717) is 53.0 Å². The first-order valence-corrected chi connectivity index (χ1v) is 16.9. The Morgan fingerprint density at radius 3 is 2.77 bits per heavy atom. The topological polar surface area (TPSA) is 125 Å². The van der Waals surface area contributed by atoms with Crippen molar-refractivity contribution in [2.24, 2.45) is 10.4 Å². The second kappa shape index (κ2) is 12.8. The molecule has 1 amide bonds. The Kier molecular flexibility index (Phi) is 8.61. The molecule has 1 saturated carbocycles. The summed E-state index contributed by atoms with van der Waals surface area (Å²) in [6.07, 6.45) is 13.3. The van der Waals surface area contributed by atoms with Crippen molar-refractivity contribution in [3.8, 4) is 17.0 Å². The average molecular weight is 666 g/mol. The lowest BCUT2D eigenvalue weighted by atomic mass is 9.97. The molecular formula is C32H37F2N9O3S. The quantitative estimate of drug-likeness (QED) is 0.160. The summed E-state index contributed by atoms with van der Waals surface area (Å²) in [4.78, 5) is 27.4. The molecule has 2 atom stereocenters. The van der Waals surface area contributed by atoms with Gasteiger partial charge in [-0.15, -0.1) is 11.8 Å². The number of aliphatic imine (C=N–C) groups is 1. The maximum Gasteiger partial charge on any atom is 0.387 e. The molecule has 1 aliphatic carbocycles. The molecule has 3 aliphatic rings. The maximum absolute atomic E-state index is 13.5. The van der Waals surface area contributed by atoms with Gasteiger partial charge in [-0.2, -0.15) is 19.0 Å². The number of hydrogen-bond acceptors (Lipinski definition) is 10. The Morgan fingerprint density at radius 2 is 2.06 bits per heavy atom. The number of nitrogens with one attached hydrogen (secondary N) is 1. The van der Waals surface area contributed by atoms with Crippen LogP contribution in [0.25, 0.3) is 16.9 Å². The number of ether oxygens (including phenoxy) is 1. The van der Waals surface area contributed by atoms with Crippen LogP contribution in [0.1, 0.15) is 37.5 Å². The first kappa shape index (κ1) is 31.5. The predicted octanol–water partition coefficient (Wildman–Crippen LogP) is 4.18. The fourth-order valence-corrected chi connectivity index (χ4v) is 7.02. The number of benzene rings is 1. The molecule has 2 fully saturated rings. The van der Waals surface area contributed by atoms with Gasteiger partial charge < -0.3 is 25.0 Å². The van der Waals surface area contributed by atoms with E-state index in [9.17, 15) is 18.7 Å². The van der Waals surface area contributed by atoms with Crippen molar-refractivity contribution < 1.29 is 23.4 Å². The van der Waals surface area contributed by atoms with E-state index in [-0.39, 0.29) is 23.9 Å². The summed E-state index contributed by atoms with van der Waals surface area (Å²) < 4.78 is 34.8. The van der Waals surface area contributed by atoms with E-state index in [1.807, 2.05) is 11.2 Å². The van der Waals surface area contributed by atoms with Gasteiger partial charge in [0.2, 0.25) is 5.91 Å². The summed E-state index contributed by atoms with van der Waals surface area (Å²) in [5.41, 5.74) is 2.06. The Bertz CT molecular complexity index is 1780. The lowest BCUT2D eigenvalue weighted by Crippen LogP contribution is -2.48. The van der Waals surface area contributed by atoms with Crippen LogP contribution in [0.4, 0.5) is 14.5 Å². The molecule has 47 heavy (non-hydrogen) atoms. The molecule has 1 saturated heterocycles. The van der Waals surface area contributed by atoms with Gasteiger partial charge in [0.1, 0.15) is 18.0 Å². The monoisotopic (exact) mass is 665 g/mol. The number of amides is 1. The number of carbonyl (C=O) groups is 1. The molecule has 0 bridgehead atoms. The molecule has 2 aliphatic heterocycles. The van der Waals surface area contributed by atoms with Crippen LogP contribution in [0.15, 0.2) is 58.9 Å². The van der Waals surface area contributed by atoms with Gasteiger partial charge in [0.05, 0.1) is 23.5 Å². The molecule has 4 aromatic rings. The predicted molar refractivity (Wildman–Crippen MR) is 174 cm³/mol. The highest BCUT2D eigenvalue weighted by Crippen LogP contribution is 2.53. The summed E-state index contributed by atoms with van der Waals surface area (Å²) in [5, 5.41) is 23.2. The van der Waals surface area contributed by atoms with E-state index in [0.717, 1.165) is 24.3 Å². The van der Waals surface area contributed by atoms with Gasteiger partial charge in [-0.25, -0.2) is 9.50 Å². The molecule has 1 aromatic carbocycles. The van der Waals surface area contributed by atoms with Crippen LogP contribution in [0.5, 0.6) is 5.75 Å². The minimum absolute atomic E-state index is 0.0566.